The summed E-state index contributed by atoms with van der Waals surface area (Å²) in [5, 5.41) is 5.49. The molecule has 2 aromatic rings. The number of amides is 2. The number of carbonyl (C=O) groups is 2. The van der Waals surface area contributed by atoms with Crippen molar-refractivity contribution in [3.63, 3.8) is 0 Å². The fourth-order valence-corrected chi connectivity index (χ4v) is 1.94. The zero-order chi connectivity index (χ0) is 17.0. The van der Waals surface area contributed by atoms with Gasteiger partial charge in [0, 0.05) is 22.3 Å². The van der Waals surface area contributed by atoms with E-state index in [0.29, 0.717) is 16.8 Å². The highest BCUT2D eigenvalue weighted by Crippen LogP contribution is 2.13. The molecule has 0 aliphatic rings. The van der Waals surface area contributed by atoms with E-state index >= 15 is 0 Å². The third kappa shape index (κ3) is 4.75. The van der Waals surface area contributed by atoms with Crippen molar-refractivity contribution in [2.45, 2.75) is 13.0 Å². The quantitative estimate of drug-likeness (QED) is 0.898. The zero-order valence-electron chi connectivity index (χ0n) is 12.1. The van der Waals surface area contributed by atoms with Gasteiger partial charge in [-0.2, -0.15) is 0 Å². The van der Waals surface area contributed by atoms with Crippen molar-refractivity contribution in [1.82, 2.24) is 5.32 Å². The lowest BCUT2D eigenvalue weighted by atomic mass is 10.2. The summed E-state index contributed by atoms with van der Waals surface area (Å²) >= 11 is 5.74. The summed E-state index contributed by atoms with van der Waals surface area (Å²) < 4.78 is 26.2. The monoisotopic (exact) mass is 338 g/mol. The van der Waals surface area contributed by atoms with Crippen LogP contribution in [-0.2, 0) is 4.79 Å². The predicted octanol–water partition coefficient (Wildman–Crippen LogP) is 3.38. The molecule has 0 aliphatic carbocycles. The third-order valence-corrected chi connectivity index (χ3v) is 3.23. The molecule has 2 amide bonds. The highest BCUT2D eigenvalue weighted by atomic mass is 35.5. The molecule has 0 unspecified atom stereocenters. The van der Waals surface area contributed by atoms with Crippen molar-refractivity contribution in [2.75, 3.05) is 5.32 Å². The number of halogens is 3. The molecule has 23 heavy (non-hydrogen) atoms. The first-order chi connectivity index (χ1) is 10.8. The van der Waals surface area contributed by atoms with E-state index in [9.17, 15) is 18.4 Å². The molecule has 0 heterocycles. The van der Waals surface area contributed by atoms with E-state index in [1.165, 1.54) is 6.92 Å². The summed E-state index contributed by atoms with van der Waals surface area (Å²) in [5.74, 6) is -2.96. The lowest BCUT2D eigenvalue weighted by Gasteiger charge is -2.14. The molecule has 120 valence electrons. The fourth-order valence-electron chi connectivity index (χ4n) is 1.81. The van der Waals surface area contributed by atoms with Gasteiger partial charge in [-0.15, -0.1) is 0 Å². The Bertz CT molecular complexity index is 715. The smallest absolute Gasteiger partial charge is 0.252 e. The molecule has 0 aliphatic heterocycles. The van der Waals surface area contributed by atoms with Gasteiger partial charge in [0.1, 0.15) is 17.7 Å². The molecule has 0 saturated carbocycles. The molecule has 0 saturated heterocycles. The maximum absolute atomic E-state index is 13.1. The molecule has 0 bridgehead atoms. The molecule has 4 nitrogen and oxygen atoms in total. The Balaban J connectivity index is 1.99. The van der Waals surface area contributed by atoms with Crippen LogP contribution in [0.25, 0.3) is 0 Å². The first-order valence-corrected chi connectivity index (χ1v) is 7.06. The molecule has 0 fully saturated rings. The van der Waals surface area contributed by atoms with Crippen molar-refractivity contribution in [3.05, 3.63) is 64.7 Å². The Kier molecular flexibility index (Phi) is 5.28. The minimum atomic E-state index is -0.899. The Morgan fingerprint density at radius 2 is 1.61 bits per heavy atom. The van der Waals surface area contributed by atoms with Crippen molar-refractivity contribution in [2.24, 2.45) is 0 Å². The van der Waals surface area contributed by atoms with Crippen molar-refractivity contribution in [3.8, 4) is 0 Å². The molecule has 1 atom stereocenters. The molecule has 7 heteroatoms. The maximum Gasteiger partial charge on any atom is 0.252 e. The van der Waals surface area contributed by atoms with E-state index in [4.69, 9.17) is 11.6 Å². The summed E-state index contributed by atoms with van der Waals surface area (Å²) in [6, 6.07) is 7.97. The standard InChI is InChI=1S/C16H13ClF2N2O2/c1-9(15(22)21-14-4-2-11(17)3-5-14)20-16(23)10-6-12(18)8-13(19)7-10/h2-9H,1H3,(H,20,23)(H,21,22)/t9-/m0/s1. The van der Waals surface area contributed by atoms with Crippen LogP contribution in [0.4, 0.5) is 14.5 Å². The van der Waals surface area contributed by atoms with Gasteiger partial charge in [-0.05, 0) is 43.3 Å². The number of anilines is 1. The van der Waals surface area contributed by atoms with Gasteiger partial charge in [-0.25, -0.2) is 8.78 Å². The molecular formula is C16H13ClF2N2O2. The first-order valence-electron chi connectivity index (χ1n) is 6.68. The Labute approximate surface area is 136 Å². The second kappa shape index (κ2) is 7.19. The van der Waals surface area contributed by atoms with Crippen LogP contribution in [0.3, 0.4) is 0 Å². The number of hydrogen-bond donors (Lipinski definition) is 2. The second-order valence-electron chi connectivity index (χ2n) is 4.85. The largest absolute Gasteiger partial charge is 0.341 e. The lowest BCUT2D eigenvalue weighted by molar-refractivity contribution is -0.117. The predicted molar refractivity (Wildman–Crippen MR) is 83.4 cm³/mol. The van der Waals surface area contributed by atoms with Crippen LogP contribution in [0.2, 0.25) is 5.02 Å². The molecule has 0 spiro atoms. The average Bonchev–Trinajstić information content (AvgIpc) is 2.48. The number of hydrogen-bond acceptors (Lipinski definition) is 2. The van der Waals surface area contributed by atoms with Crippen LogP contribution >= 0.6 is 11.6 Å². The summed E-state index contributed by atoms with van der Waals surface area (Å²) in [6.07, 6.45) is 0. The van der Waals surface area contributed by atoms with Gasteiger partial charge in [-0.1, -0.05) is 11.6 Å². The van der Waals surface area contributed by atoms with Gasteiger partial charge in [0.05, 0.1) is 0 Å². The molecule has 0 aromatic heterocycles. The summed E-state index contributed by atoms with van der Waals surface area (Å²) in [5.41, 5.74) is 0.311. The van der Waals surface area contributed by atoms with Gasteiger partial charge in [0.25, 0.3) is 5.91 Å². The SMILES string of the molecule is C[C@H](NC(=O)c1cc(F)cc(F)c1)C(=O)Nc1ccc(Cl)cc1. The molecule has 2 rings (SSSR count). The number of nitrogens with one attached hydrogen (secondary N) is 2. The number of carbonyl (C=O) groups excluding carboxylic acids is 2. The van der Waals surface area contributed by atoms with E-state index in [-0.39, 0.29) is 5.56 Å². The van der Waals surface area contributed by atoms with Crippen LogP contribution in [0.5, 0.6) is 0 Å². The van der Waals surface area contributed by atoms with Gasteiger partial charge in [0.2, 0.25) is 5.91 Å². The number of rotatable bonds is 4. The van der Waals surface area contributed by atoms with Gasteiger partial charge in [0.15, 0.2) is 0 Å². The van der Waals surface area contributed by atoms with E-state index < -0.39 is 29.5 Å². The normalized spacial score (nSPS) is 11.7. The van der Waals surface area contributed by atoms with Gasteiger partial charge in [-0.3, -0.25) is 9.59 Å². The van der Waals surface area contributed by atoms with Crippen LogP contribution < -0.4 is 10.6 Å². The second-order valence-corrected chi connectivity index (χ2v) is 5.29. The van der Waals surface area contributed by atoms with Gasteiger partial charge < -0.3 is 10.6 Å². The van der Waals surface area contributed by atoms with Crippen LogP contribution in [0.1, 0.15) is 17.3 Å². The minimum Gasteiger partial charge on any atom is -0.341 e. The van der Waals surface area contributed by atoms with E-state index in [2.05, 4.69) is 10.6 Å². The fraction of sp³-hybridized carbons (Fsp3) is 0.125. The molecule has 0 radical (unpaired) electrons. The molecule has 2 aromatic carbocycles. The van der Waals surface area contributed by atoms with Crippen LogP contribution in [0, 0.1) is 11.6 Å². The van der Waals surface area contributed by atoms with Crippen molar-refractivity contribution < 1.29 is 18.4 Å². The Hall–Kier alpha value is -2.47. The van der Waals surface area contributed by atoms with Crippen molar-refractivity contribution >= 4 is 29.1 Å². The van der Waals surface area contributed by atoms with Crippen LogP contribution in [0.15, 0.2) is 42.5 Å². The highest BCUT2D eigenvalue weighted by Gasteiger charge is 2.17. The molecular weight excluding hydrogens is 326 g/mol. The molecule has 2 N–H and O–H groups in total. The Morgan fingerprint density at radius 1 is 1.04 bits per heavy atom. The Morgan fingerprint density at radius 3 is 2.17 bits per heavy atom. The van der Waals surface area contributed by atoms with E-state index in [1.807, 2.05) is 0 Å². The first kappa shape index (κ1) is 16.9. The van der Waals surface area contributed by atoms with Crippen molar-refractivity contribution in [1.29, 1.82) is 0 Å². The average molecular weight is 339 g/mol. The van der Waals surface area contributed by atoms with E-state index in [0.717, 1.165) is 12.1 Å². The van der Waals surface area contributed by atoms with E-state index in [1.54, 1.807) is 24.3 Å². The minimum absolute atomic E-state index is 0.200. The lowest BCUT2D eigenvalue weighted by Crippen LogP contribution is -2.41. The van der Waals surface area contributed by atoms with Gasteiger partial charge >= 0.3 is 0 Å². The van der Waals surface area contributed by atoms with Crippen LogP contribution in [-0.4, -0.2) is 17.9 Å². The third-order valence-electron chi connectivity index (χ3n) is 2.98. The summed E-state index contributed by atoms with van der Waals surface area (Å²) in [4.78, 5) is 23.9. The summed E-state index contributed by atoms with van der Waals surface area (Å²) in [6.45, 7) is 1.46. The summed E-state index contributed by atoms with van der Waals surface area (Å²) in [7, 11) is 0. The maximum atomic E-state index is 13.1. The highest BCUT2D eigenvalue weighted by molar-refractivity contribution is 6.30. The number of benzene rings is 2. The zero-order valence-corrected chi connectivity index (χ0v) is 12.8. The topological polar surface area (TPSA) is 58.2 Å².